The molecule has 6 heteroatoms. The van der Waals surface area contributed by atoms with Gasteiger partial charge >= 0.3 is 0 Å². The number of unbranched alkanes of at least 4 members (excludes halogenated alkanes) is 1. The summed E-state index contributed by atoms with van der Waals surface area (Å²) in [7, 11) is 0. The number of anilines is 1. The summed E-state index contributed by atoms with van der Waals surface area (Å²) < 4.78 is 20.6. The van der Waals surface area contributed by atoms with Crippen LogP contribution in [0.2, 0.25) is 0 Å². The Morgan fingerprint density at radius 3 is 2.67 bits per heavy atom. The third kappa shape index (κ3) is 3.98. The van der Waals surface area contributed by atoms with Gasteiger partial charge in [0, 0.05) is 5.56 Å². The van der Waals surface area contributed by atoms with E-state index < -0.39 is 5.82 Å². The first kappa shape index (κ1) is 20.6. The molecule has 1 saturated heterocycles. The van der Waals surface area contributed by atoms with Crippen LogP contribution in [-0.2, 0) is 4.79 Å². The molecule has 3 nitrogen and oxygen atoms in total. The molecule has 0 aromatic heterocycles. The molecule has 0 spiro atoms. The molecule has 4 rings (SSSR count). The number of rotatable bonds is 6. The maximum absolute atomic E-state index is 14.3. The largest absolute Gasteiger partial charge is 0.493 e. The molecule has 0 atom stereocenters. The van der Waals surface area contributed by atoms with Crippen molar-refractivity contribution in [1.29, 1.82) is 0 Å². The van der Waals surface area contributed by atoms with Gasteiger partial charge in [-0.1, -0.05) is 79.8 Å². The van der Waals surface area contributed by atoms with Gasteiger partial charge in [-0.25, -0.2) is 4.39 Å². The van der Waals surface area contributed by atoms with Crippen molar-refractivity contribution in [2.24, 2.45) is 0 Å². The van der Waals surface area contributed by atoms with Gasteiger partial charge in [-0.2, -0.15) is 0 Å². The number of hydrogen-bond acceptors (Lipinski definition) is 4. The molecule has 1 aliphatic rings. The summed E-state index contributed by atoms with van der Waals surface area (Å²) in [5, 5.41) is 2.04. The van der Waals surface area contributed by atoms with Crippen LogP contribution in [0.25, 0.3) is 16.8 Å². The molecule has 152 valence electrons. The summed E-state index contributed by atoms with van der Waals surface area (Å²) in [5.41, 5.74) is 0.999. The van der Waals surface area contributed by atoms with Gasteiger partial charge in [-0.05, 0) is 41.5 Å². The maximum atomic E-state index is 14.3. The Bertz CT molecular complexity index is 1160. The van der Waals surface area contributed by atoms with Gasteiger partial charge < -0.3 is 4.74 Å². The number of amides is 1. The van der Waals surface area contributed by atoms with E-state index in [1.165, 1.54) is 22.7 Å². The number of carbonyl (C=O) groups excluding carboxylic acids is 1. The van der Waals surface area contributed by atoms with Crippen molar-refractivity contribution < 1.29 is 13.9 Å². The zero-order valence-electron chi connectivity index (χ0n) is 16.4. The summed E-state index contributed by atoms with van der Waals surface area (Å²) in [6, 6.07) is 18.1. The molecular formula is C24H20FNO2S2. The van der Waals surface area contributed by atoms with E-state index in [0.717, 1.165) is 34.9 Å². The summed E-state index contributed by atoms with van der Waals surface area (Å²) >= 11 is 6.57. The van der Waals surface area contributed by atoms with Crippen LogP contribution in [0.5, 0.6) is 5.75 Å². The van der Waals surface area contributed by atoms with Crippen LogP contribution in [0.3, 0.4) is 0 Å². The quantitative estimate of drug-likeness (QED) is 0.248. The molecule has 0 unspecified atom stereocenters. The van der Waals surface area contributed by atoms with Crippen molar-refractivity contribution in [3.63, 3.8) is 0 Å². The first-order valence-electron chi connectivity index (χ1n) is 9.77. The highest BCUT2D eigenvalue weighted by molar-refractivity contribution is 8.27. The number of nitrogens with zero attached hydrogens (tertiary/aromatic N) is 1. The highest BCUT2D eigenvalue weighted by Gasteiger charge is 2.35. The minimum atomic E-state index is -0.483. The average Bonchev–Trinajstić information content (AvgIpc) is 3.03. The second-order valence-corrected chi connectivity index (χ2v) is 8.54. The van der Waals surface area contributed by atoms with Crippen LogP contribution in [0, 0.1) is 5.82 Å². The number of ether oxygens (including phenoxy) is 1. The lowest BCUT2D eigenvalue weighted by atomic mass is 10.0. The Hall–Kier alpha value is -2.70. The lowest BCUT2D eigenvalue weighted by Gasteiger charge is -2.15. The number of thioether (sulfide) groups is 1. The zero-order valence-corrected chi connectivity index (χ0v) is 18.1. The summed E-state index contributed by atoms with van der Waals surface area (Å²) in [4.78, 5) is 14.8. The second-order valence-electron chi connectivity index (χ2n) is 6.87. The number of halogens is 1. The van der Waals surface area contributed by atoms with E-state index >= 15 is 0 Å². The summed E-state index contributed by atoms with van der Waals surface area (Å²) in [5.74, 6) is -0.0929. The highest BCUT2D eigenvalue weighted by Crippen LogP contribution is 2.39. The number of benzene rings is 3. The van der Waals surface area contributed by atoms with E-state index in [9.17, 15) is 9.18 Å². The predicted octanol–water partition coefficient (Wildman–Crippen LogP) is 6.56. The molecular weight excluding hydrogens is 417 g/mol. The molecule has 0 aliphatic carbocycles. The van der Waals surface area contributed by atoms with E-state index in [1.807, 2.05) is 42.5 Å². The fourth-order valence-electron chi connectivity index (χ4n) is 3.32. The minimum absolute atomic E-state index is 0.167. The molecule has 1 amide bonds. The molecule has 30 heavy (non-hydrogen) atoms. The maximum Gasteiger partial charge on any atom is 0.270 e. The molecule has 3 aromatic rings. The predicted molar refractivity (Wildman–Crippen MR) is 126 cm³/mol. The Kier molecular flexibility index (Phi) is 6.16. The number of thiocarbonyl (C=S) groups is 1. The number of hydrogen-bond donors (Lipinski definition) is 0. The normalized spacial score (nSPS) is 15.4. The van der Waals surface area contributed by atoms with E-state index in [0.29, 0.717) is 15.8 Å². The summed E-state index contributed by atoms with van der Waals surface area (Å²) in [6.45, 7) is 2.71. The van der Waals surface area contributed by atoms with Crippen LogP contribution in [0.4, 0.5) is 10.1 Å². The third-order valence-corrected chi connectivity index (χ3v) is 6.15. The molecule has 0 radical (unpaired) electrons. The molecule has 1 fully saturated rings. The van der Waals surface area contributed by atoms with Gasteiger partial charge in [-0.3, -0.25) is 9.69 Å². The van der Waals surface area contributed by atoms with Crippen molar-refractivity contribution in [2.45, 2.75) is 19.8 Å². The van der Waals surface area contributed by atoms with Crippen LogP contribution in [0.15, 0.2) is 65.6 Å². The van der Waals surface area contributed by atoms with Crippen LogP contribution < -0.4 is 9.64 Å². The van der Waals surface area contributed by atoms with Crippen molar-refractivity contribution in [2.75, 3.05) is 11.5 Å². The first-order valence-corrected chi connectivity index (χ1v) is 11.0. The van der Waals surface area contributed by atoms with Gasteiger partial charge in [-0.15, -0.1) is 0 Å². The first-order chi connectivity index (χ1) is 14.6. The van der Waals surface area contributed by atoms with Crippen LogP contribution in [-0.4, -0.2) is 16.8 Å². The Morgan fingerprint density at radius 1 is 1.10 bits per heavy atom. The second kappa shape index (κ2) is 8.98. The van der Waals surface area contributed by atoms with Gasteiger partial charge in [0.25, 0.3) is 5.91 Å². The Morgan fingerprint density at radius 2 is 1.87 bits per heavy atom. The fraction of sp³-hybridized carbons (Fsp3) is 0.167. The van der Waals surface area contributed by atoms with Gasteiger partial charge in [0.2, 0.25) is 0 Å². The highest BCUT2D eigenvalue weighted by atomic mass is 32.2. The van der Waals surface area contributed by atoms with Crippen molar-refractivity contribution in [3.05, 3.63) is 76.9 Å². The molecule has 0 bridgehead atoms. The van der Waals surface area contributed by atoms with Crippen LogP contribution in [0.1, 0.15) is 25.3 Å². The molecule has 1 aliphatic heterocycles. The molecule has 1 heterocycles. The van der Waals surface area contributed by atoms with E-state index in [-0.39, 0.29) is 11.6 Å². The summed E-state index contributed by atoms with van der Waals surface area (Å²) in [6.07, 6.45) is 3.79. The monoisotopic (exact) mass is 437 g/mol. The fourth-order valence-corrected chi connectivity index (χ4v) is 4.58. The minimum Gasteiger partial charge on any atom is -0.493 e. The van der Waals surface area contributed by atoms with Crippen molar-refractivity contribution in [1.82, 2.24) is 0 Å². The van der Waals surface area contributed by atoms with Crippen molar-refractivity contribution in [3.8, 4) is 5.75 Å². The molecule has 3 aromatic carbocycles. The lowest BCUT2D eigenvalue weighted by molar-refractivity contribution is -0.113. The Balaban J connectivity index is 1.77. The Labute approximate surface area is 184 Å². The standard InChI is InChI=1S/C24H20FNO2S2/c1-2-3-14-28-21-13-12-16-8-4-5-9-17(16)18(21)15-22-23(27)26(24(29)30-22)20-11-7-6-10-19(20)25/h4-13,15H,2-3,14H2,1H3/b22-15+. The molecule has 0 saturated carbocycles. The van der Waals surface area contributed by atoms with Gasteiger partial charge in [0.05, 0.1) is 17.2 Å². The van der Waals surface area contributed by atoms with E-state index in [1.54, 1.807) is 18.2 Å². The topological polar surface area (TPSA) is 29.5 Å². The third-order valence-electron chi connectivity index (χ3n) is 4.85. The lowest BCUT2D eigenvalue weighted by Crippen LogP contribution is -2.28. The SMILES string of the molecule is CCCCOc1ccc2ccccc2c1/C=C1/SC(=S)N(c2ccccc2F)C1=O. The molecule has 0 N–H and O–H groups in total. The zero-order chi connectivity index (χ0) is 21.1. The number of para-hydroxylation sites is 1. The van der Waals surface area contributed by atoms with Crippen molar-refractivity contribution >= 4 is 56.7 Å². The number of fused-ring (bicyclic) bond motifs is 1. The van der Waals surface area contributed by atoms with Gasteiger partial charge in [0.15, 0.2) is 4.32 Å². The smallest absolute Gasteiger partial charge is 0.270 e. The van der Waals surface area contributed by atoms with Crippen LogP contribution >= 0.6 is 24.0 Å². The number of carbonyl (C=O) groups is 1. The average molecular weight is 438 g/mol. The van der Waals surface area contributed by atoms with E-state index in [4.69, 9.17) is 17.0 Å². The van der Waals surface area contributed by atoms with Gasteiger partial charge in [0.1, 0.15) is 11.6 Å². The van der Waals surface area contributed by atoms with E-state index in [2.05, 4.69) is 6.92 Å².